The Morgan fingerprint density at radius 2 is 1.92 bits per heavy atom. The van der Waals surface area contributed by atoms with Crippen molar-refractivity contribution in [3.05, 3.63) is 66.5 Å². The zero-order valence-corrected chi connectivity index (χ0v) is 13.9. The van der Waals surface area contributed by atoms with Gasteiger partial charge in [0, 0.05) is 42.5 Å². The van der Waals surface area contributed by atoms with Crippen molar-refractivity contribution >= 4 is 22.6 Å². The van der Waals surface area contributed by atoms with E-state index in [-0.39, 0.29) is 11.9 Å². The van der Waals surface area contributed by atoms with Gasteiger partial charge in [0.15, 0.2) is 0 Å². The van der Waals surface area contributed by atoms with Crippen LogP contribution in [0.25, 0.3) is 10.9 Å². The number of para-hydroxylation sites is 1. The molecule has 0 bridgehead atoms. The summed E-state index contributed by atoms with van der Waals surface area (Å²) in [6.07, 6.45) is 5.30. The van der Waals surface area contributed by atoms with Crippen molar-refractivity contribution < 1.29 is 4.79 Å². The summed E-state index contributed by atoms with van der Waals surface area (Å²) in [6, 6.07) is 15.9. The van der Waals surface area contributed by atoms with Gasteiger partial charge in [-0.3, -0.25) is 9.78 Å². The number of pyridine rings is 2. The topological polar surface area (TPSA) is 58.1 Å². The van der Waals surface area contributed by atoms with Gasteiger partial charge in [-0.2, -0.15) is 0 Å². The number of rotatable bonds is 3. The third-order valence-electron chi connectivity index (χ3n) is 4.61. The fourth-order valence-electron chi connectivity index (χ4n) is 3.31. The Morgan fingerprint density at radius 3 is 2.80 bits per heavy atom. The zero-order chi connectivity index (χ0) is 17.1. The van der Waals surface area contributed by atoms with E-state index in [9.17, 15) is 4.79 Å². The summed E-state index contributed by atoms with van der Waals surface area (Å²) in [5, 5.41) is 4.28. The summed E-state index contributed by atoms with van der Waals surface area (Å²) in [7, 11) is 0. The van der Waals surface area contributed by atoms with Crippen LogP contribution in [0.1, 0.15) is 23.2 Å². The van der Waals surface area contributed by atoms with Gasteiger partial charge in [-0.25, -0.2) is 4.98 Å². The van der Waals surface area contributed by atoms with Crippen molar-refractivity contribution in [2.45, 2.75) is 18.9 Å². The van der Waals surface area contributed by atoms with Gasteiger partial charge in [-0.1, -0.05) is 18.2 Å². The summed E-state index contributed by atoms with van der Waals surface area (Å²) in [6.45, 7) is 1.75. The van der Waals surface area contributed by atoms with Crippen LogP contribution in [0.15, 0.2) is 60.9 Å². The number of aromatic nitrogens is 2. The van der Waals surface area contributed by atoms with Gasteiger partial charge >= 0.3 is 0 Å². The highest BCUT2D eigenvalue weighted by molar-refractivity contribution is 5.94. The van der Waals surface area contributed by atoms with E-state index in [4.69, 9.17) is 4.98 Å². The number of nitrogens with one attached hydrogen (secondary N) is 1. The van der Waals surface area contributed by atoms with Crippen molar-refractivity contribution in [1.29, 1.82) is 0 Å². The van der Waals surface area contributed by atoms with E-state index >= 15 is 0 Å². The molecule has 0 aliphatic carbocycles. The fraction of sp³-hybridized carbons (Fsp3) is 0.250. The molecular formula is C20H20N4O. The lowest BCUT2D eigenvalue weighted by Crippen LogP contribution is -2.48. The molecule has 1 aliphatic heterocycles. The molecule has 3 heterocycles. The van der Waals surface area contributed by atoms with E-state index < -0.39 is 0 Å². The van der Waals surface area contributed by atoms with Crippen LogP contribution in [0.5, 0.6) is 0 Å². The maximum absolute atomic E-state index is 12.4. The van der Waals surface area contributed by atoms with Crippen LogP contribution >= 0.6 is 0 Å². The van der Waals surface area contributed by atoms with Crippen molar-refractivity contribution in [3.63, 3.8) is 0 Å². The smallest absolute Gasteiger partial charge is 0.251 e. The number of piperidine rings is 1. The van der Waals surface area contributed by atoms with Gasteiger partial charge in [-0.15, -0.1) is 0 Å². The molecule has 2 aromatic heterocycles. The minimum Gasteiger partial charge on any atom is -0.355 e. The molecule has 0 radical (unpaired) electrons. The van der Waals surface area contributed by atoms with E-state index in [1.54, 1.807) is 24.5 Å². The first-order chi connectivity index (χ1) is 12.3. The van der Waals surface area contributed by atoms with Gasteiger partial charge in [0.05, 0.1) is 5.52 Å². The Kier molecular flexibility index (Phi) is 4.29. The summed E-state index contributed by atoms with van der Waals surface area (Å²) < 4.78 is 0. The van der Waals surface area contributed by atoms with E-state index in [1.165, 1.54) is 0 Å². The minimum absolute atomic E-state index is 0.0410. The van der Waals surface area contributed by atoms with Gasteiger partial charge < -0.3 is 10.2 Å². The summed E-state index contributed by atoms with van der Waals surface area (Å²) in [5.41, 5.74) is 1.65. The van der Waals surface area contributed by atoms with Crippen molar-refractivity contribution in [1.82, 2.24) is 15.3 Å². The van der Waals surface area contributed by atoms with Crippen molar-refractivity contribution in [3.8, 4) is 0 Å². The first-order valence-corrected chi connectivity index (χ1v) is 8.61. The number of hydrogen-bond acceptors (Lipinski definition) is 4. The van der Waals surface area contributed by atoms with Crippen LogP contribution in [-0.4, -0.2) is 35.0 Å². The number of anilines is 1. The maximum atomic E-state index is 12.4. The molecule has 1 fully saturated rings. The molecule has 3 aromatic rings. The van der Waals surface area contributed by atoms with Crippen LogP contribution in [0, 0.1) is 0 Å². The van der Waals surface area contributed by atoms with Crippen LogP contribution in [-0.2, 0) is 0 Å². The molecule has 1 unspecified atom stereocenters. The first-order valence-electron chi connectivity index (χ1n) is 8.61. The molecule has 1 aliphatic rings. The average molecular weight is 332 g/mol. The number of carbonyl (C=O) groups excluding carboxylic acids is 1. The number of nitrogens with zero attached hydrogens (tertiary/aromatic N) is 3. The predicted octanol–water partition coefficient (Wildman–Crippen LogP) is 3.03. The molecule has 0 spiro atoms. The van der Waals surface area contributed by atoms with Gasteiger partial charge in [0.25, 0.3) is 5.91 Å². The zero-order valence-electron chi connectivity index (χ0n) is 13.9. The van der Waals surface area contributed by atoms with Crippen LogP contribution in [0.4, 0.5) is 5.82 Å². The number of amides is 1. The maximum Gasteiger partial charge on any atom is 0.251 e. The fourth-order valence-corrected chi connectivity index (χ4v) is 3.31. The SMILES string of the molecule is O=C(NC1CCCN(c2ccc3ccccc3n2)C1)c1ccncc1. The number of fused-ring (bicyclic) bond motifs is 1. The molecule has 1 amide bonds. The van der Waals surface area contributed by atoms with Crippen molar-refractivity contribution in [2.24, 2.45) is 0 Å². The van der Waals surface area contributed by atoms with Gasteiger partial charge in [-0.05, 0) is 43.2 Å². The Bertz CT molecular complexity index is 881. The molecule has 1 saturated heterocycles. The molecule has 126 valence electrons. The molecule has 5 nitrogen and oxygen atoms in total. The first kappa shape index (κ1) is 15.6. The van der Waals surface area contributed by atoms with Gasteiger partial charge in [0.1, 0.15) is 5.82 Å². The highest BCUT2D eigenvalue weighted by atomic mass is 16.1. The molecule has 1 aromatic carbocycles. The molecular weight excluding hydrogens is 312 g/mol. The standard InChI is InChI=1S/C20H20N4O/c25-20(16-9-11-21-12-10-16)22-17-5-3-13-24(14-17)19-8-7-15-4-1-2-6-18(15)23-19/h1-2,4,6-12,17H,3,5,13-14H2,(H,22,25). The molecule has 4 rings (SSSR count). The van der Waals surface area contributed by atoms with E-state index in [0.717, 1.165) is 42.7 Å². The lowest BCUT2D eigenvalue weighted by atomic mass is 10.0. The highest BCUT2D eigenvalue weighted by Crippen LogP contribution is 2.21. The average Bonchev–Trinajstić information content (AvgIpc) is 2.68. The van der Waals surface area contributed by atoms with E-state index in [1.807, 2.05) is 18.2 Å². The Morgan fingerprint density at radius 1 is 1.08 bits per heavy atom. The monoisotopic (exact) mass is 332 g/mol. The summed E-state index contributed by atoms with van der Waals surface area (Å²) >= 11 is 0. The molecule has 0 saturated carbocycles. The normalized spacial score (nSPS) is 17.4. The quantitative estimate of drug-likeness (QED) is 0.801. The van der Waals surface area contributed by atoms with E-state index in [2.05, 4.69) is 33.4 Å². The summed E-state index contributed by atoms with van der Waals surface area (Å²) in [5.74, 6) is 0.933. The number of carbonyl (C=O) groups is 1. The third kappa shape index (κ3) is 3.45. The second-order valence-electron chi connectivity index (χ2n) is 6.36. The summed E-state index contributed by atoms with van der Waals surface area (Å²) in [4.78, 5) is 23.3. The molecule has 25 heavy (non-hydrogen) atoms. The second kappa shape index (κ2) is 6.89. The number of benzene rings is 1. The molecule has 1 N–H and O–H groups in total. The minimum atomic E-state index is -0.0410. The Balaban J connectivity index is 1.47. The largest absolute Gasteiger partial charge is 0.355 e. The molecule has 5 heteroatoms. The lowest BCUT2D eigenvalue weighted by molar-refractivity contribution is 0.0933. The van der Waals surface area contributed by atoms with Crippen molar-refractivity contribution in [2.75, 3.05) is 18.0 Å². The van der Waals surface area contributed by atoms with Crippen LogP contribution in [0.2, 0.25) is 0 Å². The predicted molar refractivity (Wildman–Crippen MR) is 98.7 cm³/mol. The highest BCUT2D eigenvalue weighted by Gasteiger charge is 2.22. The third-order valence-corrected chi connectivity index (χ3v) is 4.61. The van der Waals surface area contributed by atoms with Crippen LogP contribution < -0.4 is 10.2 Å². The number of hydrogen-bond donors (Lipinski definition) is 1. The molecule has 1 atom stereocenters. The van der Waals surface area contributed by atoms with E-state index in [0.29, 0.717) is 5.56 Å². The Hall–Kier alpha value is -2.95. The second-order valence-corrected chi connectivity index (χ2v) is 6.36. The Labute approximate surface area is 146 Å². The lowest BCUT2D eigenvalue weighted by Gasteiger charge is -2.34. The van der Waals surface area contributed by atoms with Gasteiger partial charge in [0.2, 0.25) is 0 Å². The van der Waals surface area contributed by atoms with Crippen LogP contribution in [0.3, 0.4) is 0 Å².